The lowest BCUT2D eigenvalue weighted by Gasteiger charge is -2.33. The van der Waals surface area contributed by atoms with Crippen molar-refractivity contribution in [2.45, 2.75) is 6.04 Å². The Labute approximate surface area is 117 Å². The van der Waals surface area contributed by atoms with Crippen molar-refractivity contribution in [3.8, 4) is 0 Å². The molecule has 1 atom stereocenters. The maximum atomic E-state index is 12.5. The number of hydrogen-bond donors (Lipinski definition) is 2. The van der Waals surface area contributed by atoms with Gasteiger partial charge in [0.2, 0.25) is 0 Å². The highest BCUT2D eigenvalue weighted by atomic mass is 16.5. The summed E-state index contributed by atoms with van der Waals surface area (Å²) in [5.41, 5.74) is 1.68. The molecule has 1 aromatic carbocycles. The third kappa shape index (κ3) is 2.47. The van der Waals surface area contributed by atoms with E-state index in [1.807, 2.05) is 29.2 Å². The smallest absolute Gasteiger partial charge is 0.178 e. The average molecular weight is 274 g/mol. The van der Waals surface area contributed by atoms with Gasteiger partial charge in [0.25, 0.3) is 0 Å². The zero-order valence-electron chi connectivity index (χ0n) is 11.2. The molecule has 0 spiro atoms. The van der Waals surface area contributed by atoms with Gasteiger partial charge in [0, 0.05) is 29.2 Å². The van der Waals surface area contributed by atoms with Gasteiger partial charge in [-0.1, -0.05) is 18.2 Å². The van der Waals surface area contributed by atoms with Gasteiger partial charge in [-0.15, -0.1) is 0 Å². The van der Waals surface area contributed by atoms with Crippen LogP contribution < -0.4 is 0 Å². The SMILES string of the molecule is O=C(CN1CCOCC1CO)c1c[nH]c2ccccc12. The first-order chi connectivity index (χ1) is 9.79. The van der Waals surface area contributed by atoms with Crippen LogP contribution >= 0.6 is 0 Å². The molecular weight excluding hydrogens is 256 g/mol. The van der Waals surface area contributed by atoms with Crippen molar-refractivity contribution in [2.75, 3.05) is 32.9 Å². The largest absolute Gasteiger partial charge is 0.395 e. The number of morpholine rings is 1. The van der Waals surface area contributed by atoms with Gasteiger partial charge >= 0.3 is 0 Å². The second-order valence-corrected chi connectivity index (χ2v) is 5.05. The van der Waals surface area contributed by atoms with E-state index in [0.717, 1.165) is 10.9 Å². The van der Waals surface area contributed by atoms with Gasteiger partial charge in [0.15, 0.2) is 5.78 Å². The number of aromatic nitrogens is 1. The summed E-state index contributed by atoms with van der Waals surface area (Å²) in [5, 5.41) is 10.3. The lowest BCUT2D eigenvalue weighted by Crippen LogP contribution is -2.49. The number of nitrogens with zero attached hydrogens (tertiary/aromatic N) is 1. The van der Waals surface area contributed by atoms with Gasteiger partial charge in [-0.25, -0.2) is 0 Å². The highest BCUT2D eigenvalue weighted by Gasteiger charge is 2.25. The number of aliphatic hydroxyl groups is 1. The van der Waals surface area contributed by atoms with Crippen LogP contribution in [-0.2, 0) is 4.74 Å². The summed E-state index contributed by atoms with van der Waals surface area (Å²) in [5.74, 6) is 0.0720. The van der Waals surface area contributed by atoms with Crippen molar-refractivity contribution < 1.29 is 14.6 Å². The highest BCUT2D eigenvalue weighted by Crippen LogP contribution is 2.19. The van der Waals surface area contributed by atoms with Crippen LogP contribution in [0.25, 0.3) is 10.9 Å². The van der Waals surface area contributed by atoms with E-state index in [0.29, 0.717) is 31.9 Å². The maximum Gasteiger partial charge on any atom is 0.178 e. The summed E-state index contributed by atoms with van der Waals surface area (Å²) in [6, 6.07) is 7.69. The quantitative estimate of drug-likeness (QED) is 0.818. The van der Waals surface area contributed by atoms with Gasteiger partial charge in [-0.05, 0) is 6.07 Å². The van der Waals surface area contributed by atoms with Crippen LogP contribution in [0.2, 0.25) is 0 Å². The fourth-order valence-corrected chi connectivity index (χ4v) is 2.64. The van der Waals surface area contributed by atoms with E-state index >= 15 is 0 Å². The minimum absolute atomic E-state index is 0.0150. The number of ether oxygens (including phenoxy) is 1. The first kappa shape index (κ1) is 13.3. The Bertz CT molecular complexity index is 608. The number of rotatable bonds is 4. The van der Waals surface area contributed by atoms with E-state index in [9.17, 15) is 9.90 Å². The number of H-pyrrole nitrogens is 1. The predicted molar refractivity (Wildman–Crippen MR) is 75.9 cm³/mol. The van der Waals surface area contributed by atoms with E-state index < -0.39 is 0 Å². The standard InChI is InChI=1S/C15H18N2O3/c18-9-11-10-20-6-5-17(11)8-15(19)13-7-16-14-4-2-1-3-12(13)14/h1-4,7,11,16,18H,5-6,8-10H2. The molecule has 2 aromatic rings. The van der Waals surface area contributed by atoms with Crippen LogP contribution in [0.3, 0.4) is 0 Å². The number of ketones is 1. The Morgan fingerprint density at radius 1 is 1.45 bits per heavy atom. The van der Waals surface area contributed by atoms with E-state index in [-0.39, 0.29) is 18.4 Å². The van der Waals surface area contributed by atoms with Gasteiger partial charge in [0.05, 0.1) is 32.4 Å². The molecule has 1 unspecified atom stereocenters. The van der Waals surface area contributed by atoms with Crippen LogP contribution in [0.4, 0.5) is 0 Å². The summed E-state index contributed by atoms with van der Waals surface area (Å²) in [6.45, 7) is 2.10. The lowest BCUT2D eigenvalue weighted by molar-refractivity contribution is -0.0240. The lowest BCUT2D eigenvalue weighted by atomic mass is 10.1. The van der Waals surface area contributed by atoms with Crippen molar-refractivity contribution in [1.29, 1.82) is 0 Å². The van der Waals surface area contributed by atoms with Gasteiger partial charge in [0.1, 0.15) is 0 Å². The summed E-state index contributed by atoms with van der Waals surface area (Å²) in [7, 11) is 0. The monoisotopic (exact) mass is 274 g/mol. The van der Waals surface area contributed by atoms with Crippen molar-refractivity contribution in [2.24, 2.45) is 0 Å². The van der Waals surface area contributed by atoms with E-state index in [4.69, 9.17) is 4.74 Å². The molecule has 0 bridgehead atoms. The summed E-state index contributed by atoms with van der Waals surface area (Å²) < 4.78 is 5.33. The van der Waals surface area contributed by atoms with Gasteiger partial charge in [-0.3, -0.25) is 9.69 Å². The molecule has 1 aliphatic rings. The highest BCUT2D eigenvalue weighted by molar-refractivity contribution is 6.08. The van der Waals surface area contributed by atoms with Crippen molar-refractivity contribution in [3.05, 3.63) is 36.0 Å². The molecule has 0 saturated carbocycles. The number of aliphatic hydroxyl groups excluding tert-OH is 1. The molecule has 0 radical (unpaired) electrons. The van der Waals surface area contributed by atoms with E-state index in [1.165, 1.54) is 0 Å². The minimum atomic E-state index is -0.0853. The molecule has 3 rings (SSSR count). The number of fused-ring (bicyclic) bond motifs is 1. The van der Waals surface area contributed by atoms with E-state index in [1.54, 1.807) is 6.20 Å². The zero-order chi connectivity index (χ0) is 13.9. The topological polar surface area (TPSA) is 65.6 Å². The fourth-order valence-electron chi connectivity index (χ4n) is 2.64. The molecule has 1 aromatic heterocycles. The normalized spacial score (nSPS) is 20.4. The summed E-state index contributed by atoms with van der Waals surface area (Å²) in [4.78, 5) is 17.6. The second-order valence-electron chi connectivity index (χ2n) is 5.05. The number of aromatic amines is 1. The Kier molecular flexibility index (Phi) is 3.82. The Balaban J connectivity index is 1.78. The molecule has 1 saturated heterocycles. The van der Waals surface area contributed by atoms with Crippen molar-refractivity contribution in [3.63, 3.8) is 0 Å². The van der Waals surface area contributed by atoms with Crippen LogP contribution in [-0.4, -0.2) is 59.7 Å². The number of carbonyl (C=O) groups is 1. The van der Waals surface area contributed by atoms with Crippen LogP contribution in [0, 0.1) is 0 Å². The molecule has 2 heterocycles. The maximum absolute atomic E-state index is 12.5. The number of hydrogen-bond acceptors (Lipinski definition) is 4. The molecule has 1 fully saturated rings. The van der Waals surface area contributed by atoms with Crippen molar-refractivity contribution >= 4 is 16.7 Å². The first-order valence-electron chi connectivity index (χ1n) is 6.81. The van der Waals surface area contributed by atoms with Crippen LogP contribution in [0.5, 0.6) is 0 Å². The van der Waals surface area contributed by atoms with Gasteiger partial charge < -0.3 is 14.8 Å². The van der Waals surface area contributed by atoms with Crippen molar-refractivity contribution in [1.82, 2.24) is 9.88 Å². The Hall–Kier alpha value is -1.69. The Morgan fingerprint density at radius 2 is 2.30 bits per heavy atom. The first-order valence-corrected chi connectivity index (χ1v) is 6.81. The summed E-state index contributed by atoms with van der Waals surface area (Å²) >= 11 is 0. The third-order valence-electron chi connectivity index (χ3n) is 3.80. The molecule has 5 nitrogen and oxygen atoms in total. The fraction of sp³-hybridized carbons (Fsp3) is 0.400. The number of carbonyl (C=O) groups excluding carboxylic acids is 1. The molecule has 2 N–H and O–H groups in total. The third-order valence-corrected chi connectivity index (χ3v) is 3.80. The van der Waals surface area contributed by atoms with Crippen LogP contribution in [0.15, 0.2) is 30.5 Å². The number of Topliss-reactive ketones (excluding diaryl/α,β-unsaturated/α-hetero) is 1. The average Bonchev–Trinajstić information content (AvgIpc) is 2.92. The number of para-hydroxylation sites is 1. The summed E-state index contributed by atoms with van der Waals surface area (Å²) in [6.07, 6.45) is 1.77. The number of benzene rings is 1. The zero-order valence-corrected chi connectivity index (χ0v) is 11.2. The Morgan fingerprint density at radius 3 is 3.15 bits per heavy atom. The minimum Gasteiger partial charge on any atom is -0.395 e. The van der Waals surface area contributed by atoms with E-state index in [2.05, 4.69) is 4.98 Å². The molecule has 5 heteroatoms. The van der Waals surface area contributed by atoms with Crippen LogP contribution in [0.1, 0.15) is 10.4 Å². The predicted octanol–water partition coefficient (Wildman–Crippen LogP) is 1.04. The van der Waals surface area contributed by atoms with Gasteiger partial charge in [-0.2, -0.15) is 0 Å². The molecule has 0 aliphatic carbocycles. The molecule has 0 amide bonds. The number of nitrogens with one attached hydrogen (secondary N) is 1. The second kappa shape index (κ2) is 5.75. The molecule has 20 heavy (non-hydrogen) atoms. The molecule has 106 valence electrons. The molecule has 1 aliphatic heterocycles. The molecular formula is C15H18N2O3.